The third-order valence-electron chi connectivity index (χ3n) is 12.7. The number of unbranched alkanes of at least 4 members (excludes halogenated alkanes) is 13. The van der Waals surface area contributed by atoms with E-state index in [1.807, 2.05) is 21.1 Å². The second-order valence-electron chi connectivity index (χ2n) is 21.6. The van der Waals surface area contributed by atoms with E-state index in [4.69, 9.17) is 18.9 Å². The molecule has 0 fully saturated rings. The van der Waals surface area contributed by atoms with Crippen LogP contribution in [0.15, 0.2) is 170 Å². The summed E-state index contributed by atoms with van der Waals surface area (Å²) in [5.41, 5.74) is 0. The molecule has 0 aliphatic rings. The molecule has 0 spiro atoms. The number of rotatable bonds is 56. The zero-order valence-electron chi connectivity index (χ0n) is 52.3. The molecule has 0 amide bonds. The van der Waals surface area contributed by atoms with Crippen LogP contribution in [0.5, 0.6) is 0 Å². The Morgan fingerprint density at radius 3 is 1.06 bits per heavy atom. The van der Waals surface area contributed by atoms with E-state index in [9.17, 15) is 19.5 Å². The lowest BCUT2D eigenvalue weighted by molar-refractivity contribution is -0.870. The van der Waals surface area contributed by atoms with Gasteiger partial charge in [-0.3, -0.25) is 9.59 Å². The van der Waals surface area contributed by atoms with Crippen LogP contribution in [0.4, 0.5) is 0 Å². The van der Waals surface area contributed by atoms with Gasteiger partial charge in [0.1, 0.15) is 13.2 Å². The van der Waals surface area contributed by atoms with Crippen molar-refractivity contribution < 1.29 is 42.9 Å². The third-order valence-corrected chi connectivity index (χ3v) is 12.7. The summed E-state index contributed by atoms with van der Waals surface area (Å²) in [4.78, 5) is 37.3. The van der Waals surface area contributed by atoms with Crippen molar-refractivity contribution in [2.75, 3.05) is 47.5 Å². The van der Waals surface area contributed by atoms with Gasteiger partial charge in [-0.25, -0.2) is 0 Å². The smallest absolute Gasteiger partial charge is 0.306 e. The molecule has 0 aromatic heterocycles. The maximum absolute atomic E-state index is 12.9. The highest BCUT2D eigenvalue weighted by molar-refractivity contribution is 5.70. The van der Waals surface area contributed by atoms with Crippen LogP contribution in [0.25, 0.3) is 0 Å². The van der Waals surface area contributed by atoms with Gasteiger partial charge in [0.05, 0.1) is 40.3 Å². The third kappa shape index (κ3) is 62.3. The van der Waals surface area contributed by atoms with Gasteiger partial charge in [-0.15, -0.1) is 0 Å². The molecule has 0 saturated carbocycles. The highest BCUT2D eigenvalue weighted by Crippen LogP contribution is 2.13. The number of aliphatic carboxylic acids is 1. The first-order chi connectivity index (χ1) is 40.1. The van der Waals surface area contributed by atoms with Gasteiger partial charge in [-0.1, -0.05) is 235 Å². The molecule has 0 N–H and O–H groups in total. The summed E-state index contributed by atoms with van der Waals surface area (Å²) >= 11 is 0. The maximum Gasteiger partial charge on any atom is 0.306 e. The number of hydrogen-bond acceptors (Lipinski definition) is 8. The van der Waals surface area contributed by atoms with E-state index in [2.05, 4.69) is 184 Å². The molecule has 0 heterocycles. The highest BCUT2D eigenvalue weighted by atomic mass is 16.7. The molecule has 0 bridgehead atoms. The van der Waals surface area contributed by atoms with Gasteiger partial charge in [0, 0.05) is 12.8 Å². The number of carbonyl (C=O) groups excluding carboxylic acids is 3. The van der Waals surface area contributed by atoms with Gasteiger partial charge in [0.15, 0.2) is 12.4 Å². The Hall–Kier alpha value is -5.35. The minimum Gasteiger partial charge on any atom is -0.545 e. The van der Waals surface area contributed by atoms with Gasteiger partial charge in [-0.05, 0) is 135 Å². The molecule has 0 rings (SSSR count). The van der Waals surface area contributed by atoms with Crippen LogP contribution in [0.1, 0.15) is 213 Å². The summed E-state index contributed by atoms with van der Waals surface area (Å²) < 4.78 is 22.6. The van der Waals surface area contributed by atoms with Crippen molar-refractivity contribution in [1.82, 2.24) is 0 Å². The lowest BCUT2D eigenvalue weighted by atomic mass is 10.1. The van der Waals surface area contributed by atoms with Crippen LogP contribution < -0.4 is 5.11 Å². The van der Waals surface area contributed by atoms with Crippen LogP contribution in [0.2, 0.25) is 0 Å². The Balaban J connectivity index is 4.32. The number of nitrogens with zero attached hydrogens (tertiary/aromatic N) is 1. The van der Waals surface area contributed by atoms with E-state index in [-0.39, 0.29) is 38.6 Å². The van der Waals surface area contributed by atoms with Gasteiger partial charge in [0.2, 0.25) is 0 Å². The number of likely N-dealkylation sites (N-methyl/N-ethyl adjacent to an activating group) is 1. The minimum atomic E-state index is -1.65. The quantitative estimate of drug-likeness (QED) is 0.0195. The molecule has 2 unspecified atom stereocenters. The van der Waals surface area contributed by atoms with Gasteiger partial charge in [-0.2, -0.15) is 0 Å². The average molecular weight is 1130 g/mol. The topological polar surface area (TPSA) is 111 Å². The summed E-state index contributed by atoms with van der Waals surface area (Å²) in [7, 11) is 5.89. The number of quaternary nitrogens is 1. The zero-order chi connectivity index (χ0) is 59.8. The standard InChI is InChI=1S/C73H115NO8/c1-6-8-10-12-14-16-18-20-22-24-26-27-28-29-30-31-32-33-34-35-36-37-38-39-40-41-42-43-44-45-46-48-50-52-54-56-58-60-62-64-71(76)82-69(68-81-73(72(77)78)79-66-65-74(3,4)5)67-80-70(75)63-61-59-57-55-53-51-49-47-25-23-21-19-17-15-13-11-9-7-2/h8,10,14,16-17,19-20,22-23,25-27,29-30,32-33,35-36,38-39,41-42,44-45,48,50,54,56,69,73H,6-7,9,11-13,15,18,21,24,28,31,34,37,40,43,46-47,49,51-53,55,57-68H2,1-5H3/b10-8-,16-14-,19-17-,22-20-,25-23-,27-26-,30-29-,33-32-,36-35-,39-38-,42-41-,45-44-,50-48-,56-54-. The Morgan fingerprint density at radius 2 is 0.695 bits per heavy atom. The fraction of sp³-hybridized carbons (Fsp3) is 0.575. The molecule has 2 atom stereocenters. The van der Waals surface area contributed by atoms with Crippen molar-refractivity contribution in [1.29, 1.82) is 0 Å². The SMILES string of the molecule is CC/C=C\C/C=C\C/C=C\C/C=C\C/C=C\C/C=C\C/C=C\C/C=C\C/C=C\C/C=C\C/C=C\C/C=C\CCCCC(=O)OC(COC(=O)CCCCCCCCC/C=C\C/C=C\CCCCCC)COC(OCC[N+](C)(C)C)C(=O)[O-]. The highest BCUT2D eigenvalue weighted by Gasteiger charge is 2.22. The second-order valence-corrected chi connectivity index (χ2v) is 21.6. The summed E-state index contributed by atoms with van der Waals surface area (Å²) in [6, 6.07) is 0. The van der Waals surface area contributed by atoms with E-state index >= 15 is 0 Å². The van der Waals surface area contributed by atoms with E-state index < -0.39 is 24.3 Å². The first-order valence-electron chi connectivity index (χ1n) is 31.8. The number of allylic oxidation sites excluding steroid dienone is 28. The van der Waals surface area contributed by atoms with E-state index in [1.54, 1.807) is 0 Å². The Labute approximate surface area is 501 Å². The van der Waals surface area contributed by atoms with Crippen molar-refractivity contribution in [3.63, 3.8) is 0 Å². The predicted molar refractivity (Wildman–Crippen MR) is 347 cm³/mol. The fourth-order valence-corrected chi connectivity index (χ4v) is 7.84. The molecule has 0 aliphatic carbocycles. The molecule has 0 aromatic rings. The van der Waals surface area contributed by atoms with Crippen molar-refractivity contribution in [2.24, 2.45) is 0 Å². The van der Waals surface area contributed by atoms with Crippen LogP contribution in [-0.4, -0.2) is 82.3 Å². The van der Waals surface area contributed by atoms with Crippen LogP contribution in [0, 0.1) is 0 Å². The number of carboxylic acid groups (broad SMARTS) is 1. The fourth-order valence-electron chi connectivity index (χ4n) is 7.84. The molecule has 0 radical (unpaired) electrons. The van der Waals surface area contributed by atoms with E-state index in [0.717, 1.165) is 122 Å². The van der Waals surface area contributed by atoms with Crippen molar-refractivity contribution in [3.8, 4) is 0 Å². The Morgan fingerprint density at radius 1 is 0.378 bits per heavy atom. The first-order valence-corrected chi connectivity index (χ1v) is 31.8. The van der Waals surface area contributed by atoms with Gasteiger partial charge >= 0.3 is 11.9 Å². The molecular weight excluding hydrogens is 1020 g/mol. The Kier molecular flexibility index (Phi) is 57.7. The zero-order valence-corrected chi connectivity index (χ0v) is 52.3. The monoisotopic (exact) mass is 1130 g/mol. The van der Waals surface area contributed by atoms with Crippen molar-refractivity contribution in [2.45, 2.75) is 225 Å². The molecular formula is C73H115NO8. The largest absolute Gasteiger partial charge is 0.545 e. The lowest BCUT2D eigenvalue weighted by Gasteiger charge is -2.26. The average Bonchev–Trinajstić information content (AvgIpc) is 3.45. The molecule has 0 saturated heterocycles. The minimum absolute atomic E-state index is 0.128. The molecule has 0 aliphatic heterocycles. The maximum atomic E-state index is 12.9. The number of esters is 2. The number of hydrogen-bond donors (Lipinski definition) is 0. The first kappa shape index (κ1) is 76.7. The molecule has 0 aromatic carbocycles. The van der Waals surface area contributed by atoms with Crippen LogP contribution in [-0.2, 0) is 33.3 Å². The summed E-state index contributed by atoms with van der Waals surface area (Å²) in [5.74, 6) is -2.37. The van der Waals surface area contributed by atoms with Crippen LogP contribution in [0.3, 0.4) is 0 Å². The lowest BCUT2D eigenvalue weighted by Crippen LogP contribution is -2.44. The number of ether oxygens (including phenoxy) is 4. The van der Waals surface area contributed by atoms with E-state index in [0.29, 0.717) is 23.9 Å². The molecule has 9 nitrogen and oxygen atoms in total. The number of carbonyl (C=O) groups is 3. The molecule has 82 heavy (non-hydrogen) atoms. The molecule has 460 valence electrons. The normalized spacial score (nSPS) is 13.9. The van der Waals surface area contributed by atoms with Crippen LogP contribution >= 0.6 is 0 Å². The molecule has 9 heteroatoms. The van der Waals surface area contributed by atoms with Gasteiger partial charge in [0.25, 0.3) is 0 Å². The predicted octanol–water partition coefficient (Wildman–Crippen LogP) is 18.2. The summed E-state index contributed by atoms with van der Waals surface area (Å²) in [6.07, 6.45) is 89.9. The Bertz CT molecular complexity index is 1950. The van der Waals surface area contributed by atoms with Crippen molar-refractivity contribution in [3.05, 3.63) is 170 Å². The van der Waals surface area contributed by atoms with Gasteiger partial charge < -0.3 is 33.3 Å². The van der Waals surface area contributed by atoms with Crippen molar-refractivity contribution >= 4 is 17.9 Å². The second kappa shape index (κ2) is 61.7. The summed E-state index contributed by atoms with van der Waals surface area (Å²) in [6.45, 7) is 4.53. The van der Waals surface area contributed by atoms with E-state index in [1.165, 1.54) is 51.4 Å². The number of carboxylic acids is 1. The summed E-state index contributed by atoms with van der Waals surface area (Å²) in [5, 5.41) is 11.8.